The van der Waals surface area contributed by atoms with Crippen molar-refractivity contribution in [2.45, 2.75) is 12.8 Å². The maximum Gasteiger partial charge on any atom is 0.142 e. The number of allylic oxidation sites excluding steroid dienone is 2. The molecule has 0 aliphatic carbocycles. The van der Waals surface area contributed by atoms with E-state index in [0.29, 0.717) is 0 Å². The molecule has 0 saturated carbocycles. The molecule has 0 unspecified atom stereocenters. The Labute approximate surface area is 72.7 Å². The molecule has 12 heavy (non-hydrogen) atoms. The van der Waals surface area contributed by atoms with Crippen LogP contribution in [0.2, 0.25) is 0 Å². The average molecular weight is 160 g/mol. The first-order chi connectivity index (χ1) is 5.93. The average Bonchev–Trinajstić information content (AvgIpc) is 2.14. The van der Waals surface area contributed by atoms with Gasteiger partial charge in [0.15, 0.2) is 0 Å². The van der Waals surface area contributed by atoms with Crippen LogP contribution in [0.15, 0.2) is 42.5 Å². The first-order valence-electron chi connectivity index (χ1n) is 4.07. The summed E-state index contributed by atoms with van der Waals surface area (Å²) >= 11 is 0. The summed E-state index contributed by atoms with van der Waals surface area (Å²) in [5, 5.41) is 0. The zero-order valence-electron chi connectivity index (χ0n) is 6.94. The SMILES string of the molecule is O=CC=CCCc1ccccc1. The van der Waals surface area contributed by atoms with Crippen molar-refractivity contribution in [1.29, 1.82) is 0 Å². The van der Waals surface area contributed by atoms with E-state index < -0.39 is 0 Å². The normalized spacial score (nSPS) is 10.3. The summed E-state index contributed by atoms with van der Waals surface area (Å²) in [6.07, 6.45) is 6.18. The van der Waals surface area contributed by atoms with Crippen LogP contribution in [0.1, 0.15) is 12.0 Å². The first kappa shape index (κ1) is 8.72. The van der Waals surface area contributed by atoms with Crippen molar-refractivity contribution < 1.29 is 4.79 Å². The van der Waals surface area contributed by atoms with E-state index in [2.05, 4.69) is 12.1 Å². The fourth-order valence-corrected chi connectivity index (χ4v) is 1.05. The fraction of sp³-hybridized carbons (Fsp3) is 0.182. The molecule has 0 aromatic heterocycles. The fourth-order valence-electron chi connectivity index (χ4n) is 1.05. The highest BCUT2D eigenvalue weighted by Crippen LogP contribution is 2.02. The van der Waals surface area contributed by atoms with E-state index in [1.54, 1.807) is 6.08 Å². The van der Waals surface area contributed by atoms with Gasteiger partial charge in [0, 0.05) is 0 Å². The van der Waals surface area contributed by atoms with Crippen molar-refractivity contribution in [2.24, 2.45) is 0 Å². The van der Waals surface area contributed by atoms with Gasteiger partial charge < -0.3 is 0 Å². The number of rotatable bonds is 4. The predicted molar refractivity (Wildman–Crippen MR) is 50.0 cm³/mol. The number of carbonyl (C=O) groups excluding carboxylic acids is 1. The molecule has 1 aromatic carbocycles. The lowest BCUT2D eigenvalue weighted by Gasteiger charge is -1.95. The zero-order valence-corrected chi connectivity index (χ0v) is 6.94. The van der Waals surface area contributed by atoms with Crippen molar-refractivity contribution >= 4 is 6.29 Å². The first-order valence-corrected chi connectivity index (χ1v) is 4.07. The van der Waals surface area contributed by atoms with Crippen LogP contribution in [-0.4, -0.2) is 6.29 Å². The molecule has 0 fully saturated rings. The van der Waals surface area contributed by atoms with Gasteiger partial charge in [-0.1, -0.05) is 36.4 Å². The number of carbonyl (C=O) groups is 1. The van der Waals surface area contributed by atoms with Gasteiger partial charge in [-0.25, -0.2) is 0 Å². The molecule has 62 valence electrons. The highest BCUT2D eigenvalue weighted by Gasteiger charge is 1.86. The number of aldehydes is 1. The second kappa shape index (κ2) is 5.30. The van der Waals surface area contributed by atoms with E-state index in [0.717, 1.165) is 19.1 Å². The third-order valence-corrected chi connectivity index (χ3v) is 1.66. The summed E-state index contributed by atoms with van der Waals surface area (Å²) in [5.74, 6) is 0. The van der Waals surface area contributed by atoms with Crippen molar-refractivity contribution in [3.63, 3.8) is 0 Å². The van der Waals surface area contributed by atoms with Crippen molar-refractivity contribution in [3.8, 4) is 0 Å². The molecular weight excluding hydrogens is 148 g/mol. The second-order valence-corrected chi connectivity index (χ2v) is 2.59. The van der Waals surface area contributed by atoms with Gasteiger partial charge in [-0.15, -0.1) is 0 Å². The Morgan fingerprint density at radius 3 is 2.58 bits per heavy atom. The number of hydrogen-bond donors (Lipinski definition) is 0. The van der Waals surface area contributed by atoms with E-state index in [9.17, 15) is 4.79 Å². The quantitative estimate of drug-likeness (QED) is 0.488. The second-order valence-electron chi connectivity index (χ2n) is 2.59. The van der Waals surface area contributed by atoms with E-state index in [-0.39, 0.29) is 0 Å². The Morgan fingerprint density at radius 1 is 1.17 bits per heavy atom. The standard InChI is InChI=1S/C11H12O/c12-10-6-2-5-9-11-7-3-1-4-8-11/h1-4,6-8,10H,5,9H2. The third-order valence-electron chi connectivity index (χ3n) is 1.66. The van der Waals surface area contributed by atoms with Crippen LogP contribution in [0.25, 0.3) is 0 Å². The predicted octanol–water partition coefficient (Wildman–Crippen LogP) is 2.37. The largest absolute Gasteiger partial charge is 0.299 e. The minimum absolute atomic E-state index is 0.811. The van der Waals surface area contributed by atoms with Gasteiger partial charge in [-0.05, 0) is 24.5 Å². The van der Waals surface area contributed by atoms with Gasteiger partial charge in [0.05, 0.1) is 0 Å². The molecule has 0 atom stereocenters. The van der Waals surface area contributed by atoms with Gasteiger partial charge in [0.25, 0.3) is 0 Å². The van der Waals surface area contributed by atoms with E-state index in [1.807, 2.05) is 24.3 Å². The van der Waals surface area contributed by atoms with Gasteiger partial charge in [0.2, 0.25) is 0 Å². The van der Waals surface area contributed by atoms with E-state index >= 15 is 0 Å². The number of benzene rings is 1. The zero-order chi connectivity index (χ0) is 8.65. The smallest absolute Gasteiger partial charge is 0.142 e. The van der Waals surface area contributed by atoms with Gasteiger partial charge in [-0.2, -0.15) is 0 Å². The lowest BCUT2D eigenvalue weighted by molar-refractivity contribution is -0.104. The van der Waals surface area contributed by atoms with Crippen LogP contribution in [0.3, 0.4) is 0 Å². The summed E-state index contributed by atoms with van der Waals surface area (Å²) in [6.45, 7) is 0. The molecule has 0 spiro atoms. The molecular formula is C11H12O. The third kappa shape index (κ3) is 3.15. The van der Waals surface area contributed by atoms with E-state index in [1.165, 1.54) is 5.56 Å². The van der Waals surface area contributed by atoms with Crippen LogP contribution in [-0.2, 0) is 11.2 Å². The topological polar surface area (TPSA) is 17.1 Å². The number of aryl methyl sites for hydroxylation is 1. The molecule has 1 rings (SSSR count). The summed E-state index contributed by atoms with van der Waals surface area (Å²) in [7, 11) is 0. The minimum atomic E-state index is 0.811. The van der Waals surface area contributed by atoms with Crippen molar-refractivity contribution in [1.82, 2.24) is 0 Å². The maximum atomic E-state index is 9.93. The molecule has 0 amide bonds. The molecule has 0 N–H and O–H groups in total. The Kier molecular flexibility index (Phi) is 3.86. The monoisotopic (exact) mass is 160 g/mol. The Bertz CT molecular complexity index is 249. The molecule has 0 bridgehead atoms. The maximum absolute atomic E-state index is 9.93. The van der Waals surface area contributed by atoms with Crippen LogP contribution >= 0.6 is 0 Å². The molecule has 1 heteroatoms. The molecule has 1 nitrogen and oxygen atoms in total. The Balaban J connectivity index is 2.33. The highest BCUT2D eigenvalue weighted by atomic mass is 16.1. The lowest BCUT2D eigenvalue weighted by atomic mass is 10.1. The lowest BCUT2D eigenvalue weighted by Crippen LogP contribution is -1.80. The molecule has 1 aromatic rings. The Morgan fingerprint density at radius 2 is 1.92 bits per heavy atom. The summed E-state index contributed by atoms with van der Waals surface area (Å²) in [4.78, 5) is 9.93. The molecule has 0 heterocycles. The molecule has 0 aliphatic rings. The van der Waals surface area contributed by atoms with E-state index in [4.69, 9.17) is 0 Å². The van der Waals surface area contributed by atoms with Crippen LogP contribution < -0.4 is 0 Å². The summed E-state index contributed by atoms with van der Waals surface area (Å²) < 4.78 is 0. The summed E-state index contributed by atoms with van der Waals surface area (Å²) in [5.41, 5.74) is 1.31. The van der Waals surface area contributed by atoms with Crippen molar-refractivity contribution in [3.05, 3.63) is 48.0 Å². The van der Waals surface area contributed by atoms with Crippen LogP contribution in [0.5, 0.6) is 0 Å². The minimum Gasteiger partial charge on any atom is -0.299 e. The summed E-state index contributed by atoms with van der Waals surface area (Å²) in [6, 6.07) is 10.2. The van der Waals surface area contributed by atoms with Gasteiger partial charge in [0.1, 0.15) is 6.29 Å². The van der Waals surface area contributed by atoms with Crippen molar-refractivity contribution in [2.75, 3.05) is 0 Å². The Hall–Kier alpha value is -1.37. The number of hydrogen-bond acceptors (Lipinski definition) is 1. The molecule has 0 radical (unpaired) electrons. The van der Waals surface area contributed by atoms with Crippen LogP contribution in [0, 0.1) is 0 Å². The van der Waals surface area contributed by atoms with Gasteiger partial charge >= 0.3 is 0 Å². The highest BCUT2D eigenvalue weighted by molar-refractivity contribution is 5.64. The van der Waals surface area contributed by atoms with Gasteiger partial charge in [-0.3, -0.25) is 4.79 Å². The molecule has 0 aliphatic heterocycles. The van der Waals surface area contributed by atoms with Crippen LogP contribution in [0.4, 0.5) is 0 Å². The molecule has 0 saturated heterocycles.